The number of rotatable bonds is 3. The summed E-state index contributed by atoms with van der Waals surface area (Å²) in [6.07, 6.45) is 7.20. The van der Waals surface area contributed by atoms with Crippen molar-refractivity contribution in [3.8, 4) is 0 Å². The molecule has 0 atom stereocenters. The van der Waals surface area contributed by atoms with Crippen molar-refractivity contribution < 1.29 is 0 Å². The predicted molar refractivity (Wildman–Crippen MR) is 76.1 cm³/mol. The van der Waals surface area contributed by atoms with Gasteiger partial charge in [-0.2, -0.15) is 0 Å². The van der Waals surface area contributed by atoms with E-state index in [9.17, 15) is 0 Å². The molecule has 94 valence electrons. The fourth-order valence-electron chi connectivity index (χ4n) is 2.63. The van der Waals surface area contributed by atoms with Gasteiger partial charge in [0.15, 0.2) is 0 Å². The second kappa shape index (κ2) is 5.85. The molecule has 1 aromatic rings. The molecule has 1 fully saturated rings. The lowest BCUT2D eigenvalue weighted by Crippen LogP contribution is -2.27. The van der Waals surface area contributed by atoms with Crippen LogP contribution in [0.25, 0.3) is 0 Å². The van der Waals surface area contributed by atoms with E-state index in [1.807, 2.05) is 12.3 Å². The van der Waals surface area contributed by atoms with Crippen molar-refractivity contribution in [2.75, 3.05) is 5.32 Å². The lowest BCUT2D eigenvalue weighted by Gasteiger charge is -2.31. The van der Waals surface area contributed by atoms with Crippen LogP contribution in [0.15, 0.2) is 22.9 Å². The van der Waals surface area contributed by atoms with Crippen LogP contribution in [0.4, 0.5) is 5.69 Å². The topological polar surface area (TPSA) is 24.9 Å². The Labute approximate surface area is 112 Å². The number of aromatic nitrogens is 1. The highest BCUT2D eigenvalue weighted by Gasteiger charge is 2.22. The molecule has 1 N–H and O–H groups in total. The second-order valence-electron chi connectivity index (χ2n) is 5.37. The Morgan fingerprint density at radius 2 is 1.94 bits per heavy atom. The molecular weight excluding hydrogens is 276 g/mol. The Morgan fingerprint density at radius 1 is 1.24 bits per heavy atom. The van der Waals surface area contributed by atoms with Crippen molar-refractivity contribution in [3.05, 3.63) is 22.9 Å². The summed E-state index contributed by atoms with van der Waals surface area (Å²) in [5.41, 5.74) is 1.14. The Balaban J connectivity index is 1.84. The van der Waals surface area contributed by atoms with Gasteiger partial charge < -0.3 is 5.32 Å². The zero-order chi connectivity index (χ0) is 12.3. The third kappa shape index (κ3) is 3.70. The summed E-state index contributed by atoms with van der Waals surface area (Å²) >= 11 is 3.36. The monoisotopic (exact) mass is 296 g/mol. The number of hydrogen-bond acceptors (Lipinski definition) is 2. The fourth-order valence-corrected chi connectivity index (χ4v) is 2.86. The van der Waals surface area contributed by atoms with E-state index in [1.54, 1.807) is 0 Å². The average Bonchev–Trinajstić information content (AvgIpc) is 2.33. The minimum Gasteiger partial charge on any atom is -0.381 e. The average molecular weight is 297 g/mol. The zero-order valence-corrected chi connectivity index (χ0v) is 12.2. The molecule has 0 unspecified atom stereocenters. The quantitative estimate of drug-likeness (QED) is 0.833. The van der Waals surface area contributed by atoms with Gasteiger partial charge in [-0.05, 0) is 65.6 Å². The van der Waals surface area contributed by atoms with Crippen LogP contribution in [0.3, 0.4) is 0 Å². The SMILES string of the molecule is CC(C)C1CCC(Nc2ccc(Br)nc2)CC1. The van der Waals surface area contributed by atoms with Crippen molar-refractivity contribution in [3.63, 3.8) is 0 Å². The van der Waals surface area contributed by atoms with Crippen LogP contribution in [0.1, 0.15) is 39.5 Å². The highest BCUT2D eigenvalue weighted by atomic mass is 79.9. The van der Waals surface area contributed by atoms with Crippen molar-refractivity contribution in [2.45, 2.75) is 45.6 Å². The first kappa shape index (κ1) is 12.9. The first-order valence-corrected chi connectivity index (χ1v) is 7.32. The number of anilines is 1. The van der Waals surface area contributed by atoms with Crippen LogP contribution >= 0.6 is 15.9 Å². The molecule has 1 aliphatic carbocycles. The van der Waals surface area contributed by atoms with Gasteiger partial charge in [0.2, 0.25) is 0 Å². The van der Waals surface area contributed by atoms with Gasteiger partial charge in [-0.3, -0.25) is 0 Å². The molecule has 0 amide bonds. The van der Waals surface area contributed by atoms with Crippen LogP contribution in [-0.4, -0.2) is 11.0 Å². The van der Waals surface area contributed by atoms with E-state index in [0.717, 1.165) is 22.1 Å². The van der Waals surface area contributed by atoms with E-state index in [2.05, 4.69) is 46.1 Å². The molecule has 1 heterocycles. The summed E-state index contributed by atoms with van der Waals surface area (Å²) < 4.78 is 0.895. The number of nitrogens with zero attached hydrogens (tertiary/aromatic N) is 1. The van der Waals surface area contributed by atoms with Gasteiger partial charge in [0, 0.05) is 6.04 Å². The molecule has 0 aromatic carbocycles. The van der Waals surface area contributed by atoms with Crippen LogP contribution in [-0.2, 0) is 0 Å². The summed E-state index contributed by atoms with van der Waals surface area (Å²) in [7, 11) is 0. The molecule has 0 bridgehead atoms. The van der Waals surface area contributed by atoms with E-state index in [0.29, 0.717) is 6.04 Å². The number of nitrogens with one attached hydrogen (secondary N) is 1. The van der Waals surface area contributed by atoms with Crippen LogP contribution in [0, 0.1) is 11.8 Å². The predicted octanol–water partition coefficient (Wildman–Crippen LogP) is 4.47. The molecule has 1 aliphatic rings. The highest BCUT2D eigenvalue weighted by Crippen LogP contribution is 2.31. The lowest BCUT2D eigenvalue weighted by molar-refractivity contribution is 0.267. The molecule has 0 aliphatic heterocycles. The van der Waals surface area contributed by atoms with E-state index < -0.39 is 0 Å². The summed E-state index contributed by atoms with van der Waals surface area (Å²) in [5.74, 6) is 1.77. The van der Waals surface area contributed by atoms with Gasteiger partial charge in [-0.15, -0.1) is 0 Å². The Hall–Kier alpha value is -0.570. The zero-order valence-electron chi connectivity index (χ0n) is 10.6. The molecule has 17 heavy (non-hydrogen) atoms. The van der Waals surface area contributed by atoms with Crippen LogP contribution in [0.2, 0.25) is 0 Å². The van der Waals surface area contributed by atoms with Gasteiger partial charge >= 0.3 is 0 Å². The largest absolute Gasteiger partial charge is 0.381 e. The van der Waals surface area contributed by atoms with E-state index >= 15 is 0 Å². The second-order valence-corrected chi connectivity index (χ2v) is 6.18. The number of hydrogen-bond donors (Lipinski definition) is 1. The molecule has 0 radical (unpaired) electrons. The van der Waals surface area contributed by atoms with Gasteiger partial charge in [0.1, 0.15) is 4.60 Å². The molecule has 3 heteroatoms. The van der Waals surface area contributed by atoms with E-state index in [-0.39, 0.29) is 0 Å². The Kier molecular flexibility index (Phi) is 4.43. The third-order valence-corrected chi connectivity index (χ3v) is 4.28. The van der Waals surface area contributed by atoms with Crippen molar-refractivity contribution >= 4 is 21.6 Å². The Bertz CT molecular complexity index is 340. The van der Waals surface area contributed by atoms with Crippen molar-refractivity contribution in [2.24, 2.45) is 11.8 Å². The third-order valence-electron chi connectivity index (χ3n) is 3.81. The van der Waals surface area contributed by atoms with Gasteiger partial charge in [-0.1, -0.05) is 13.8 Å². The van der Waals surface area contributed by atoms with Crippen molar-refractivity contribution in [1.82, 2.24) is 4.98 Å². The maximum atomic E-state index is 4.24. The molecule has 0 spiro atoms. The Morgan fingerprint density at radius 3 is 2.47 bits per heavy atom. The maximum absolute atomic E-state index is 4.24. The van der Waals surface area contributed by atoms with Gasteiger partial charge in [0.25, 0.3) is 0 Å². The van der Waals surface area contributed by atoms with E-state index in [1.165, 1.54) is 25.7 Å². The van der Waals surface area contributed by atoms with Gasteiger partial charge in [0.05, 0.1) is 11.9 Å². The number of pyridine rings is 1. The first-order chi connectivity index (χ1) is 8.15. The molecular formula is C14H21BrN2. The highest BCUT2D eigenvalue weighted by molar-refractivity contribution is 9.10. The van der Waals surface area contributed by atoms with E-state index in [4.69, 9.17) is 0 Å². The fraction of sp³-hybridized carbons (Fsp3) is 0.643. The normalized spacial score (nSPS) is 24.9. The minimum atomic E-state index is 0.632. The standard InChI is InChI=1S/C14H21BrN2/c1-10(2)11-3-5-12(6-4-11)17-13-7-8-14(15)16-9-13/h7-12,17H,3-6H2,1-2H3. The maximum Gasteiger partial charge on any atom is 0.106 e. The van der Waals surface area contributed by atoms with Crippen molar-refractivity contribution in [1.29, 1.82) is 0 Å². The first-order valence-electron chi connectivity index (χ1n) is 6.53. The smallest absolute Gasteiger partial charge is 0.106 e. The molecule has 1 saturated carbocycles. The molecule has 2 nitrogen and oxygen atoms in total. The summed E-state index contributed by atoms with van der Waals surface area (Å²) in [6.45, 7) is 4.69. The van der Waals surface area contributed by atoms with Crippen LogP contribution in [0.5, 0.6) is 0 Å². The molecule has 1 aromatic heterocycles. The summed E-state index contributed by atoms with van der Waals surface area (Å²) in [6, 6.07) is 4.71. The number of halogens is 1. The molecule has 2 rings (SSSR count). The summed E-state index contributed by atoms with van der Waals surface area (Å²) in [4.78, 5) is 4.24. The van der Waals surface area contributed by atoms with Gasteiger partial charge in [-0.25, -0.2) is 4.98 Å². The lowest BCUT2D eigenvalue weighted by atomic mass is 9.80. The molecule has 0 saturated heterocycles. The van der Waals surface area contributed by atoms with Crippen LogP contribution < -0.4 is 5.32 Å². The summed E-state index contributed by atoms with van der Waals surface area (Å²) in [5, 5.41) is 3.58. The minimum absolute atomic E-state index is 0.632.